The first kappa shape index (κ1) is 37.3. The first-order chi connectivity index (χ1) is 23.7. The molecule has 1 aromatic carbocycles. The van der Waals surface area contributed by atoms with Crippen LogP contribution < -0.4 is 9.47 Å². The number of hydrogen-bond acceptors (Lipinski definition) is 7. The maximum Gasteiger partial charge on any atom is 0.331 e. The van der Waals surface area contributed by atoms with Gasteiger partial charge >= 0.3 is 23.9 Å². The molecule has 4 fully saturated rings. The second-order valence-corrected chi connectivity index (χ2v) is 18.7. The number of esters is 3. The first-order valence-corrected chi connectivity index (χ1v) is 19.0. The molecular weight excluding hydrogens is 644 g/mol. The van der Waals surface area contributed by atoms with Crippen LogP contribution in [0.3, 0.4) is 0 Å². The van der Waals surface area contributed by atoms with Crippen molar-refractivity contribution in [1.29, 1.82) is 0 Å². The van der Waals surface area contributed by atoms with Crippen molar-refractivity contribution in [2.75, 3.05) is 0 Å². The van der Waals surface area contributed by atoms with Crippen LogP contribution in [0.1, 0.15) is 132 Å². The largest absolute Gasteiger partial charge is 0.481 e. The van der Waals surface area contributed by atoms with Crippen molar-refractivity contribution in [3.05, 3.63) is 41.5 Å². The van der Waals surface area contributed by atoms with Crippen LogP contribution in [-0.2, 0) is 23.9 Å². The summed E-state index contributed by atoms with van der Waals surface area (Å²) in [4.78, 5) is 49.4. The van der Waals surface area contributed by atoms with Gasteiger partial charge in [-0.2, -0.15) is 0 Å². The molecule has 0 aliphatic heterocycles. The maximum atomic E-state index is 13.3. The third kappa shape index (κ3) is 6.06. The Hall–Kier alpha value is -3.42. The van der Waals surface area contributed by atoms with Crippen molar-refractivity contribution in [3.8, 4) is 11.5 Å². The number of fused-ring (bicyclic) bond motifs is 7. The smallest absolute Gasteiger partial charge is 0.331 e. The minimum atomic E-state index is -0.637. The number of aliphatic carboxylic acids is 1. The predicted molar refractivity (Wildman–Crippen MR) is 195 cm³/mol. The van der Waals surface area contributed by atoms with E-state index in [1.165, 1.54) is 31.6 Å². The zero-order valence-electron chi connectivity index (χ0n) is 32.1. The molecule has 278 valence electrons. The van der Waals surface area contributed by atoms with Crippen molar-refractivity contribution in [2.24, 2.45) is 50.2 Å². The van der Waals surface area contributed by atoms with Crippen LogP contribution >= 0.6 is 0 Å². The maximum absolute atomic E-state index is 13.3. The molecule has 8 atom stereocenters. The molecule has 0 unspecified atom stereocenters. The van der Waals surface area contributed by atoms with E-state index in [2.05, 4.69) is 54.5 Å². The molecule has 0 heterocycles. The summed E-state index contributed by atoms with van der Waals surface area (Å²) in [5.74, 6) is -0.953. The zero-order valence-corrected chi connectivity index (χ0v) is 32.1. The minimum absolute atomic E-state index is 0.0368. The van der Waals surface area contributed by atoms with Crippen LogP contribution in [0.15, 0.2) is 35.9 Å². The molecule has 0 bridgehead atoms. The average molecular weight is 703 g/mol. The quantitative estimate of drug-likeness (QED) is 0.135. The van der Waals surface area contributed by atoms with E-state index in [0.717, 1.165) is 64.2 Å². The highest BCUT2D eigenvalue weighted by atomic mass is 16.6. The summed E-state index contributed by atoms with van der Waals surface area (Å²) in [6.45, 7) is 19.2. The molecule has 0 aromatic heterocycles. The van der Waals surface area contributed by atoms with Crippen LogP contribution in [0.5, 0.6) is 11.5 Å². The number of carbonyl (C=O) groups excluding carboxylic acids is 3. The van der Waals surface area contributed by atoms with E-state index in [4.69, 9.17) is 14.2 Å². The van der Waals surface area contributed by atoms with Gasteiger partial charge in [0.25, 0.3) is 0 Å². The fraction of sp³-hybridized carbons (Fsp3) is 0.674. The molecule has 5 aliphatic rings. The Morgan fingerprint density at radius 3 is 2.14 bits per heavy atom. The molecular formula is C43H58O8. The van der Waals surface area contributed by atoms with Crippen molar-refractivity contribution >= 4 is 30.0 Å². The number of carboxylic acid groups (broad SMARTS) is 1. The van der Waals surface area contributed by atoms with Crippen molar-refractivity contribution < 1.29 is 38.5 Å². The fourth-order valence-electron chi connectivity index (χ4n) is 12.3. The molecule has 6 rings (SSSR count). The molecule has 4 saturated carbocycles. The van der Waals surface area contributed by atoms with Crippen LogP contribution in [0.25, 0.3) is 6.08 Å². The lowest BCUT2D eigenvalue weighted by molar-refractivity contribution is -0.212. The Morgan fingerprint density at radius 2 is 1.47 bits per heavy atom. The molecule has 0 amide bonds. The predicted octanol–water partition coefficient (Wildman–Crippen LogP) is 9.35. The molecule has 1 N–H and O–H groups in total. The Labute approximate surface area is 303 Å². The second-order valence-electron chi connectivity index (χ2n) is 18.7. The number of rotatable bonds is 6. The molecule has 0 saturated heterocycles. The van der Waals surface area contributed by atoms with Gasteiger partial charge in [0.2, 0.25) is 0 Å². The first-order valence-electron chi connectivity index (χ1n) is 19.0. The van der Waals surface area contributed by atoms with Crippen LogP contribution in [-0.4, -0.2) is 35.1 Å². The van der Waals surface area contributed by atoms with Crippen LogP contribution in [0.4, 0.5) is 0 Å². The topological polar surface area (TPSA) is 116 Å². The van der Waals surface area contributed by atoms with Gasteiger partial charge in [0, 0.05) is 25.3 Å². The van der Waals surface area contributed by atoms with Gasteiger partial charge in [0.1, 0.15) is 6.10 Å². The Balaban J connectivity index is 1.21. The summed E-state index contributed by atoms with van der Waals surface area (Å²) >= 11 is 0. The number of carboxylic acids is 1. The third-order valence-electron chi connectivity index (χ3n) is 15.1. The zero-order chi connectivity index (χ0) is 37.4. The highest BCUT2D eigenvalue weighted by molar-refractivity contribution is 5.87. The number of carbonyl (C=O) groups is 4. The summed E-state index contributed by atoms with van der Waals surface area (Å²) in [6.07, 6.45) is 14.6. The SMILES string of the molecule is CC(=O)Oc1ccc(/C=C/C(=O)O[C@H]2CC[C@]3(C)[C@H]4CC=C5[C@@H]6CC(C)(C)CC[C@]6(C(=O)O)CC[C@@]5(C)[C@]4(C)CC[C@H]3C2(C)C)cc1OC(C)=O. The van der Waals surface area contributed by atoms with E-state index in [1.807, 2.05) is 0 Å². The molecule has 8 nitrogen and oxygen atoms in total. The summed E-state index contributed by atoms with van der Waals surface area (Å²) in [5.41, 5.74) is 1.39. The number of allylic oxidation sites excluding steroid dienone is 2. The van der Waals surface area contributed by atoms with Gasteiger partial charge in [-0.05, 0) is 127 Å². The fourth-order valence-corrected chi connectivity index (χ4v) is 12.3. The van der Waals surface area contributed by atoms with Gasteiger partial charge in [-0.1, -0.05) is 66.2 Å². The van der Waals surface area contributed by atoms with E-state index >= 15 is 0 Å². The lowest BCUT2D eigenvalue weighted by Gasteiger charge is -2.71. The number of ether oxygens (including phenoxy) is 3. The Morgan fingerprint density at radius 1 is 0.804 bits per heavy atom. The standard InChI is InChI=1S/C43H58O8/c1-26(44)49-31-13-10-28(24-32(31)50-27(2)45)11-15-36(46)51-35-17-18-40(7)33(39(35,5)6)16-19-42(9)34(40)14-12-29-30-25-38(3,4)20-22-43(30,37(47)48)23-21-41(29,42)8/h10-13,15,24,30,33-35H,14,16-23,25H2,1-9H3,(H,47,48)/b15-11+/t30-,33-,34+,35-,40-,41+,42+,43-/m0/s1. The molecule has 51 heavy (non-hydrogen) atoms. The van der Waals surface area contributed by atoms with Gasteiger partial charge in [-0.25, -0.2) is 4.79 Å². The van der Waals surface area contributed by atoms with Crippen molar-refractivity contribution in [2.45, 2.75) is 133 Å². The molecule has 8 heteroatoms. The lowest BCUT2D eigenvalue weighted by Crippen LogP contribution is -2.65. The van der Waals surface area contributed by atoms with E-state index in [9.17, 15) is 24.3 Å². The number of benzene rings is 1. The highest BCUT2D eigenvalue weighted by Gasteiger charge is 2.69. The normalized spacial score (nSPS) is 37.8. The second kappa shape index (κ2) is 12.6. The lowest BCUT2D eigenvalue weighted by atomic mass is 9.33. The van der Waals surface area contributed by atoms with Gasteiger partial charge in [-0.15, -0.1) is 0 Å². The van der Waals surface area contributed by atoms with Crippen molar-refractivity contribution in [1.82, 2.24) is 0 Å². The van der Waals surface area contributed by atoms with Gasteiger partial charge in [0.15, 0.2) is 11.5 Å². The molecule has 0 radical (unpaired) electrons. The minimum Gasteiger partial charge on any atom is -0.481 e. The van der Waals surface area contributed by atoms with Crippen molar-refractivity contribution in [3.63, 3.8) is 0 Å². The molecule has 0 spiro atoms. The summed E-state index contributed by atoms with van der Waals surface area (Å²) in [7, 11) is 0. The Kier molecular flexibility index (Phi) is 9.24. The molecule has 1 aromatic rings. The summed E-state index contributed by atoms with van der Waals surface area (Å²) in [5, 5.41) is 10.7. The van der Waals surface area contributed by atoms with Crippen LogP contribution in [0.2, 0.25) is 0 Å². The monoisotopic (exact) mass is 702 g/mol. The Bertz CT molecular complexity index is 1680. The van der Waals surface area contributed by atoms with Crippen LogP contribution in [0, 0.1) is 50.2 Å². The van der Waals surface area contributed by atoms with E-state index < -0.39 is 29.3 Å². The van der Waals surface area contributed by atoms with Gasteiger partial charge < -0.3 is 19.3 Å². The van der Waals surface area contributed by atoms with Gasteiger partial charge in [0.05, 0.1) is 5.41 Å². The molecule has 5 aliphatic carbocycles. The summed E-state index contributed by atoms with van der Waals surface area (Å²) in [6, 6.07) is 4.76. The van der Waals surface area contributed by atoms with E-state index in [0.29, 0.717) is 17.4 Å². The van der Waals surface area contributed by atoms with E-state index in [1.54, 1.807) is 18.2 Å². The average Bonchev–Trinajstić information content (AvgIpc) is 3.02. The van der Waals surface area contributed by atoms with E-state index in [-0.39, 0.29) is 50.6 Å². The number of hydrogen-bond donors (Lipinski definition) is 1. The van der Waals surface area contributed by atoms with Gasteiger partial charge in [-0.3, -0.25) is 14.4 Å². The highest BCUT2D eigenvalue weighted by Crippen LogP contribution is 2.75. The summed E-state index contributed by atoms with van der Waals surface area (Å²) < 4.78 is 16.6. The third-order valence-corrected chi connectivity index (χ3v) is 15.1.